The average Bonchev–Trinajstić information content (AvgIpc) is 2.76. The minimum Gasteiger partial charge on any atom is -0.367 e. The number of carbonyl (C=O) groups is 1. The van der Waals surface area contributed by atoms with Gasteiger partial charge in [0.1, 0.15) is 6.54 Å². The van der Waals surface area contributed by atoms with Crippen molar-refractivity contribution in [1.82, 2.24) is 19.4 Å². The van der Waals surface area contributed by atoms with E-state index in [0.717, 1.165) is 43.6 Å². The van der Waals surface area contributed by atoms with Gasteiger partial charge in [0.25, 0.3) is 0 Å². The van der Waals surface area contributed by atoms with E-state index in [1.54, 1.807) is 18.6 Å². The number of pyridine rings is 1. The highest BCUT2D eigenvalue weighted by Crippen LogP contribution is 2.29. The fraction of sp³-hybridized carbons (Fsp3) is 0.455. The summed E-state index contributed by atoms with van der Waals surface area (Å²) >= 11 is 0. The number of anilines is 1. The highest BCUT2D eigenvalue weighted by Gasteiger charge is 2.22. The number of nitrogens with zero attached hydrogens (tertiary/aromatic N) is 5. The summed E-state index contributed by atoms with van der Waals surface area (Å²) in [6.07, 6.45) is 12.4. The number of allylic oxidation sites excluding steroid dienone is 2. The maximum absolute atomic E-state index is 12.8. The molecule has 0 aromatic carbocycles. The Labute approximate surface area is 170 Å². The maximum Gasteiger partial charge on any atom is 0.348 e. The van der Waals surface area contributed by atoms with Crippen molar-refractivity contribution in [2.24, 2.45) is 5.92 Å². The van der Waals surface area contributed by atoms with Gasteiger partial charge >= 0.3 is 5.69 Å². The Balaban J connectivity index is 1.40. The molecular formula is C22H27N5O2. The van der Waals surface area contributed by atoms with Gasteiger partial charge in [0.15, 0.2) is 0 Å². The lowest BCUT2D eigenvalue weighted by Gasteiger charge is -2.36. The Morgan fingerprint density at radius 3 is 2.72 bits per heavy atom. The van der Waals surface area contributed by atoms with Gasteiger partial charge in [-0.05, 0) is 42.9 Å². The first-order valence-corrected chi connectivity index (χ1v) is 10.3. The minimum atomic E-state index is -0.374. The predicted octanol–water partition coefficient (Wildman–Crippen LogP) is 2.19. The van der Waals surface area contributed by atoms with E-state index in [1.165, 1.54) is 10.1 Å². The molecule has 1 aliphatic carbocycles. The number of piperazine rings is 1. The molecule has 29 heavy (non-hydrogen) atoms. The van der Waals surface area contributed by atoms with Crippen molar-refractivity contribution in [1.29, 1.82) is 0 Å². The van der Waals surface area contributed by atoms with Crippen molar-refractivity contribution in [3.8, 4) is 0 Å². The zero-order valence-electron chi connectivity index (χ0n) is 16.8. The van der Waals surface area contributed by atoms with Gasteiger partial charge in [-0.25, -0.2) is 9.78 Å². The lowest BCUT2D eigenvalue weighted by Crippen LogP contribution is -2.50. The quantitative estimate of drug-likeness (QED) is 0.796. The number of amides is 1. The molecule has 2 aliphatic rings. The largest absolute Gasteiger partial charge is 0.367 e. The summed E-state index contributed by atoms with van der Waals surface area (Å²) in [6, 6.07) is 3.95. The van der Waals surface area contributed by atoms with Crippen molar-refractivity contribution in [2.45, 2.75) is 32.7 Å². The summed E-state index contributed by atoms with van der Waals surface area (Å²) in [5.41, 5.74) is 2.87. The van der Waals surface area contributed by atoms with Crippen LogP contribution in [0.4, 0.5) is 5.69 Å². The van der Waals surface area contributed by atoms with Gasteiger partial charge in [0.2, 0.25) is 5.91 Å². The first-order valence-electron chi connectivity index (χ1n) is 10.3. The third-order valence-corrected chi connectivity index (χ3v) is 5.85. The van der Waals surface area contributed by atoms with Gasteiger partial charge in [0.05, 0.1) is 11.9 Å². The Kier molecular flexibility index (Phi) is 5.74. The standard InChI is InChI=1S/C22H27N5O2/c1-17-4-6-18(7-5-17)19-13-24-22(29)27(15-19)16-21(28)26-11-9-25(10-12-26)20-3-2-8-23-14-20/h2-3,6,8,13-15,17H,4-5,7,9-12,16H2,1H3. The van der Waals surface area contributed by atoms with Gasteiger partial charge in [0, 0.05) is 50.3 Å². The molecule has 7 heteroatoms. The summed E-state index contributed by atoms with van der Waals surface area (Å²) in [5.74, 6) is 0.660. The molecule has 4 rings (SSSR count). The molecule has 7 nitrogen and oxygen atoms in total. The first kappa shape index (κ1) is 19.4. The molecule has 0 spiro atoms. The topological polar surface area (TPSA) is 71.3 Å². The molecule has 0 radical (unpaired) electrons. The Bertz CT molecular complexity index is 945. The third-order valence-electron chi connectivity index (χ3n) is 5.85. The summed E-state index contributed by atoms with van der Waals surface area (Å²) in [4.78, 5) is 37.2. The van der Waals surface area contributed by atoms with Gasteiger partial charge in [-0.3, -0.25) is 14.3 Å². The zero-order chi connectivity index (χ0) is 20.2. The number of hydrogen-bond acceptors (Lipinski definition) is 5. The molecule has 1 saturated heterocycles. The molecule has 1 atom stereocenters. The molecule has 0 N–H and O–H groups in total. The van der Waals surface area contributed by atoms with Crippen LogP contribution in [0.15, 0.2) is 47.8 Å². The minimum absolute atomic E-state index is 0.0379. The van der Waals surface area contributed by atoms with Gasteiger partial charge < -0.3 is 9.80 Å². The third kappa shape index (κ3) is 4.55. The fourth-order valence-corrected chi connectivity index (χ4v) is 3.96. The number of aromatic nitrogens is 3. The van der Waals surface area contributed by atoms with Crippen molar-refractivity contribution >= 4 is 17.2 Å². The van der Waals surface area contributed by atoms with Crippen molar-refractivity contribution < 1.29 is 4.79 Å². The Hall–Kier alpha value is -2.96. The van der Waals surface area contributed by atoms with Crippen LogP contribution >= 0.6 is 0 Å². The average molecular weight is 393 g/mol. The summed E-state index contributed by atoms with van der Waals surface area (Å²) < 4.78 is 1.45. The Morgan fingerprint density at radius 1 is 1.21 bits per heavy atom. The maximum atomic E-state index is 12.8. The van der Waals surface area contributed by atoms with E-state index in [-0.39, 0.29) is 18.1 Å². The van der Waals surface area contributed by atoms with E-state index in [0.29, 0.717) is 19.0 Å². The molecule has 2 aromatic rings. The normalized spacial score (nSPS) is 19.8. The van der Waals surface area contributed by atoms with Crippen LogP contribution in [0.25, 0.3) is 5.57 Å². The fourth-order valence-electron chi connectivity index (χ4n) is 3.96. The van der Waals surface area contributed by atoms with Crippen LogP contribution in [0, 0.1) is 5.92 Å². The zero-order valence-corrected chi connectivity index (χ0v) is 16.8. The second-order valence-corrected chi connectivity index (χ2v) is 7.94. The molecule has 1 amide bonds. The van der Waals surface area contributed by atoms with Crippen molar-refractivity contribution in [3.05, 3.63) is 59.0 Å². The van der Waals surface area contributed by atoms with E-state index in [2.05, 4.69) is 27.9 Å². The highest BCUT2D eigenvalue weighted by atomic mass is 16.2. The molecule has 1 unspecified atom stereocenters. The second-order valence-electron chi connectivity index (χ2n) is 7.94. The predicted molar refractivity (Wildman–Crippen MR) is 113 cm³/mol. The van der Waals surface area contributed by atoms with Gasteiger partial charge in [-0.2, -0.15) is 0 Å². The highest BCUT2D eigenvalue weighted by molar-refractivity contribution is 5.76. The number of rotatable bonds is 4. The molecule has 2 aromatic heterocycles. The van der Waals surface area contributed by atoms with Crippen LogP contribution in [0.2, 0.25) is 0 Å². The van der Waals surface area contributed by atoms with E-state index >= 15 is 0 Å². The lowest BCUT2D eigenvalue weighted by molar-refractivity contribution is -0.132. The first-order chi connectivity index (χ1) is 14.1. The van der Waals surface area contributed by atoms with E-state index < -0.39 is 0 Å². The molecule has 0 saturated carbocycles. The molecule has 0 bridgehead atoms. The smallest absolute Gasteiger partial charge is 0.348 e. The number of carbonyl (C=O) groups excluding carboxylic acids is 1. The summed E-state index contributed by atoms with van der Waals surface area (Å²) in [7, 11) is 0. The molecule has 1 fully saturated rings. The molecular weight excluding hydrogens is 366 g/mol. The molecule has 152 valence electrons. The van der Waals surface area contributed by atoms with Gasteiger partial charge in [-0.15, -0.1) is 0 Å². The van der Waals surface area contributed by atoms with E-state index in [1.807, 2.05) is 23.2 Å². The second kappa shape index (κ2) is 8.59. The van der Waals surface area contributed by atoms with E-state index in [4.69, 9.17) is 0 Å². The SMILES string of the molecule is CC1CC=C(c2cnc(=O)n(CC(=O)N3CCN(c4cccnc4)CC3)c2)CC1. The van der Waals surface area contributed by atoms with Crippen molar-refractivity contribution in [3.63, 3.8) is 0 Å². The van der Waals surface area contributed by atoms with Crippen LogP contribution in [0.1, 0.15) is 31.7 Å². The molecule has 1 aliphatic heterocycles. The lowest BCUT2D eigenvalue weighted by atomic mass is 9.89. The van der Waals surface area contributed by atoms with Crippen LogP contribution in [0.5, 0.6) is 0 Å². The van der Waals surface area contributed by atoms with Crippen LogP contribution in [-0.2, 0) is 11.3 Å². The molecule has 3 heterocycles. The van der Waals surface area contributed by atoms with Crippen LogP contribution in [0.3, 0.4) is 0 Å². The van der Waals surface area contributed by atoms with Crippen LogP contribution in [-0.4, -0.2) is 51.5 Å². The summed E-state index contributed by atoms with van der Waals surface area (Å²) in [5, 5.41) is 0. The van der Waals surface area contributed by atoms with E-state index in [9.17, 15) is 9.59 Å². The van der Waals surface area contributed by atoms with Crippen molar-refractivity contribution in [2.75, 3.05) is 31.1 Å². The summed E-state index contributed by atoms with van der Waals surface area (Å²) in [6.45, 7) is 5.08. The number of hydrogen-bond donors (Lipinski definition) is 0. The Morgan fingerprint density at radius 2 is 2.03 bits per heavy atom. The monoisotopic (exact) mass is 393 g/mol. The van der Waals surface area contributed by atoms with Gasteiger partial charge in [-0.1, -0.05) is 13.0 Å². The van der Waals surface area contributed by atoms with Crippen LogP contribution < -0.4 is 10.6 Å².